The van der Waals surface area contributed by atoms with E-state index in [0.29, 0.717) is 30.8 Å². The lowest BCUT2D eigenvalue weighted by molar-refractivity contribution is -0.140. The molecule has 4 nitrogen and oxygen atoms in total. The van der Waals surface area contributed by atoms with Crippen LogP contribution in [0.2, 0.25) is 0 Å². The Kier molecular flexibility index (Phi) is 4.77. The summed E-state index contributed by atoms with van der Waals surface area (Å²) in [6.07, 6.45) is -4.04. The van der Waals surface area contributed by atoms with E-state index in [0.717, 1.165) is 6.07 Å². The van der Waals surface area contributed by atoms with Crippen LogP contribution >= 0.6 is 0 Å². The highest BCUT2D eigenvalue weighted by atomic mass is 19.4. The second-order valence-electron chi connectivity index (χ2n) is 6.43. The van der Waals surface area contributed by atoms with E-state index in [1.165, 1.54) is 23.1 Å². The van der Waals surface area contributed by atoms with Crippen molar-refractivity contribution in [3.05, 3.63) is 46.7 Å². The zero-order valence-corrected chi connectivity index (χ0v) is 13.8. The van der Waals surface area contributed by atoms with Crippen molar-refractivity contribution in [1.82, 2.24) is 4.90 Å². The van der Waals surface area contributed by atoms with Gasteiger partial charge in [-0.25, -0.2) is 0 Å². The first-order chi connectivity index (χ1) is 11.8. The van der Waals surface area contributed by atoms with Gasteiger partial charge in [0.15, 0.2) is 0 Å². The summed E-state index contributed by atoms with van der Waals surface area (Å²) in [7, 11) is 0. The number of halogens is 3. The van der Waals surface area contributed by atoms with Gasteiger partial charge in [0.2, 0.25) is 0 Å². The summed E-state index contributed by atoms with van der Waals surface area (Å²) < 4.78 is 45.5. The fourth-order valence-corrected chi connectivity index (χ4v) is 3.55. The molecule has 0 bridgehead atoms. The summed E-state index contributed by atoms with van der Waals surface area (Å²) in [5, 5.41) is 10.0. The molecule has 0 aromatic heterocycles. The standard InChI is InChI=1S/C18H20F3NO3/c1-11-13(6-4-8-25-11)17(24)22-10-12(23)9-16(22)14-5-2-3-7-15(14)18(19,20)21/h2-3,5,7,12,16,23H,4,6,8-10H2,1H3/t12-,16+/m1/s1. The molecular formula is C18H20F3NO3. The maximum atomic E-state index is 13.3. The topological polar surface area (TPSA) is 49.8 Å². The van der Waals surface area contributed by atoms with Crippen molar-refractivity contribution < 1.29 is 27.8 Å². The molecule has 0 unspecified atom stereocenters. The van der Waals surface area contributed by atoms with Gasteiger partial charge >= 0.3 is 6.18 Å². The highest BCUT2D eigenvalue weighted by Gasteiger charge is 2.42. The zero-order valence-electron chi connectivity index (χ0n) is 13.8. The number of aliphatic hydroxyl groups excluding tert-OH is 1. The van der Waals surface area contributed by atoms with Gasteiger partial charge in [0.1, 0.15) is 5.76 Å². The molecule has 1 N–H and O–H groups in total. The average Bonchev–Trinajstić information content (AvgIpc) is 2.96. The number of hydrogen-bond donors (Lipinski definition) is 1. The molecule has 1 amide bonds. The van der Waals surface area contributed by atoms with Gasteiger partial charge in [-0.1, -0.05) is 18.2 Å². The van der Waals surface area contributed by atoms with Crippen LogP contribution in [0.5, 0.6) is 0 Å². The van der Waals surface area contributed by atoms with Crippen LogP contribution in [0.25, 0.3) is 0 Å². The number of alkyl halides is 3. The molecule has 0 radical (unpaired) electrons. The number of allylic oxidation sites excluding steroid dienone is 1. The van der Waals surface area contributed by atoms with Gasteiger partial charge in [-0.3, -0.25) is 4.79 Å². The lowest BCUT2D eigenvalue weighted by atomic mass is 9.96. The molecule has 25 heavy (non-hydrogen) atoms. The van der Waals surface area contributed by atoms with E-state index in [9.17, 15) is 23.1 Å². The molecule has 1 aromatic rings. The Hall–Kier alpha value is -2.02. The van der Waals surface area contributed by atoms with E-state index >= 15 is 0 Å². The molecule has 7 heteroatoms. The fraction of sp³-hybridized carbons (Fsp3) is 0.500. The molecule has 1 saturated heterocycles. The molecule has 1 aromatic carbocycles. The molecule has 2 aliphatic heterocycles. The molecule has 0 aliphatic carbocycles. The normalized spacial score (nSPS) is 24.4. The van der Waals surface area contributed by atoms with Crippen LogP contribution in [0, 0.1) is 0 Å². The largest absolute Gasteiger partial charge is 0.498 e. The first-order valence-electron chi connectivity index (χ1n) is 8.26. The number of aliphatic hydroxyl groups is 1. The number of hydrogen-bond acceptors (Lipinski definition) is 3. The molecule has 2 aliphatic rings. The molecule has 0 spiro atoms. The molecule has 0 saturated carbocycles. The average molecular weight is 355 g/mol. The number of nitrogens with zero attached hydrogens (tertiary/aromatic N) is 1. The Morgan fingerprint density at radius 1 is 1.32 bits per heavy atom. The van der Waals surface area contributed by atoms with Crippen LogP contribution in [0.1, 0.15) is 43.4 Å². The number of carbonyl (C=O) groups is 1. The minimum Gasteiger partial charge on any atom is -0.498 e. The second kappa shape index (κ2) is 6.71. The quantitative estimate of drug-likeness (QED) is 0.884. The van der Waals surface area contributed by atoms with Crippen molar-refractivity contribution in [3.8, 4) is 0 Å². The summed E-state index contributed by atoms with van der Waals surface area (Å²) in [5.41, 5.74) is -0.262. The molecule has 2 atom stereocenters. The third-order valence-electron chi connectivity index (χ3n) is 4.74. The van der Waals surface area contributed by atoms with E-state index in [-0.39, 0.29) is 24.4 Å². The lowest BCUT2D eigenvalue weighted by Gasteiger charge is -2.29. The van der Waals surface area contributed by atoms with Crippen molar-refractivity contribution >= 4 is 5.91 Å². The Labute approximate surface area is 143 Å². The summed E-state index contributed by atoms with van der Waals surface area (Å²) in [4.78, 5) is 14.2. The maximum Gasteiger partial charge on any atom is 0.416 e. The van der Waals surface area contributed by atoms with Crippen LogP contribution in [-0.4, -0.2) is 35.2 Å². The highest BCUT2D eigenvalue weighted by molar-refractivity contribution is 5.94. The Balaban J connectivity index is 1.97. The SMILES string of the molecule is CC1=C(C(=O)N2C[C@H](O)C[C@H]2c2ccccc2C(F)(F)F)CCCO1. The van der Waals surface area contributed by atoms with Crippen LogP contribution in [0.3, 0.4) is 0 Å². The molecular weight excluding hydrogens is 335 g/mol. The van der Waals surface area contributed by atoms with Crippen molar-refractivity contribution in [1.29, 1.82) is 0 Å². The first kappa shape index (κ1) is 17.8. The minimum atomic E-state index is -4.51. The van der Waals surface area contributed by atoms with Crippen LogP contribution in [-0.2, 0) is 15.7 Å². The van der Waals surface area contributed by atoms with Gasteiger partial charge < -0.3 is 14.7 Å². The third kappa shape index (κ3) is 3.51. The Morgan fingerprint density at radius 2 is 2.04 bits per heavy atom. The minimum absolute atomic E-state index is 0.0203. The van der Waals surface area contributed by atoms with E-state index in [1.54, 1.807) is 6.92 Å². The summed E-state index contributed by atoms with van der Waals surface area (Å²) in [6.45, 7) is 2.25. The van der Waals surface area contributed by atoms with Gasteiger partial charge in [0.05, 0.1) is 29.9 Å². The number of rotatable bonds is 2. The third-order valence-corrected chi connectivity index (χ3v) is 4.74. The van der Waals surface area contributed by atoms with Crippen molar-refractivity contribution in [3.63, 3.8) is 0 Å². The number of ether oxygens (including phenoxy) is 1. The van der Waals surface area contributed by atoms with Crippen LogP contribution < -0.4 is 0 Å². The van der Waals surface area contributed by atoms with Gasteiger partial charge in [0, 0.05) is 6.54 Å². The predicted molar refractivity (Wildman–Crippen MR) is 84.4 cm³/mol. The van der Waals surface area contributed by atoms with Crippen molar-refractivity contribution in [2.24, 2.45) is 0 Å². The summed E-state index contributed by atoms with van der Waals surface area (Å²) in [6, 6.07) is 4.43. The highest BCUT2D eigenvalue weighted by Crippen LogP contribution is 2.41. The van der Waals surface area contributed by atoms with Gasteiger partial charge in [-0.2, -0.15) is 13.2 Å². The van der Waals surface area contributed by atoms with E-state index in [2.05, 4.69) is 0 Å². The Bertz CT molecular complexity index is 699. The summed E-state index contributed by atoms with van der Waals surface area (Å²) in [5.74, 6) is 0.163. The molecule has 2 heterocycles. The van der Waals surface area contributed by atoms with E-state index in [1.807, 2.05) is 0 Å². The second-order valence-corrected chi connectivity index (χ2v) is 6.43. The predicted octanol–water partition coefficient (Wildman–Crippen LogP) is 3.42. The monoisotopic (exact) mass is 355 g/mol. The smallest absolute Gasteiger partial charge is 0.416 e. The number of amides is 1. The molecule has 136 valence electrons. The Morgan fingerprint density at radius 3 is 2.72 bits per heavy atom. The van der Waals surface area contributed by atoms with Crippen LogP contribution in [0.15, 0.2) is 35.6 Å². The van der Waals surface area contributed by atoms with E-state index in [4.69, 9.17) is 4.74 Å². The number of benzene rings is 1. The number of carbonyl (C=O) groups excluding carboxylic acids is 1. The summed E-state index contributed by atoms with van der Waals surface area (Å²) >= 11 is 0. The van der Waals surface area contributed by atoms with Gasteiger partial charge in [-0.05, 0) is 37.8 Å². The first-order valence-corrected chi connectivity index (χ1v) is 8.26. The van der Waals surface area contributed by atoms with Gasteiger partial charge in [0.25, 0.3) is 5.91 Å². The van der Waals surface area contributed by atoms with Crippen LogP contribution in [0.4, 0.5) is 13.2 Å². The maximum absolute atomic E-state index is 13.3. The lowest BCUT2D eigenvalue weighted by Crippen LogP contribution is -2.35. The number of likely N-dealkylation sites (tertiary alicyclic amines) is 1. The zero-order chi connectivity index (χ0) is 18.2. The molecule has 3 rings (SSSR count). The van der Waals surface area contributed by atoms with E-state index < -0.39 is 23.9 Å². The number of β-amino-alcohol motifs (C(OH)–C–C–N with tert-alkyl or cyclic N) is 1. The van der Waals surface area contributed by atoms with Gasteiger partial charge in [-0.15, -0.1) is 0 Å². The van der Waals surface area contributed by atoms with Crippen molar-refractivity contribution in [2.45, 2.75) is 44.5 Å². The molecule has 1 fully saturated rings. The van der Waals surface area contributed by atoms with Crippen molar-refractivity contribution in [2.75, 3.05) is 13.2 Å². The fourth-order valence-electron chi connectivity index (χ4n) is 3.55.